The standard InChI is InChI=1S/C21H22N2O/c1-3-14-22-21(24)19-15-20(17-10-6-4-7-11-17)23(16(19)2)18-12-8-5-9-13-18/h4-13,15H,3,14H2,1-2H3,(H,22,24). The van der Waals surface area contributed by atoms with E-state index in [1.54, 1.807) is 0 Å². The summed E-state index contributed by atoms with van der Waals surface area (Å²) >= 11 is 0. The third-order valence-corrected chi connectivity index (χ3v) is 4.11. The van der Waals surface area contributed by atoms with Gasteiger partial charge in [-0.05, 0) is 37.1 Å². The molecule has 122 valence electrons. The van der Waals surface area contributed by atoms with Gasteiger partial charge in [-0.1, -0.05) is 55.5 Å². The van der Waals surface area contributed by atoms with Crippen LogP contribution in [0.3, 0.4) is 0 Å². The van der Waals surface area contributed by atoms with Crippen molar-refractivity contribution in [2.45, 2.75) is 20.3 Å². The first-order chi connectivity index (χ1) is 11.7. The molecule has 1 aromatic heterocycles. The molecule has 0 aliphatic carbocycles. The first-order valence-electron chi connectivity index (χ1n) is 8.33. The minimum absolute atomic E-state index is 0.0128. The van der Waals surface area contributed by atoms with Crippen LogP contribution in [0.2, 0.25) is 0 Å². The lowest BCUT2D eigenvalue weighted by molar-refractivity contribution is 0.0953. The Bertz CT molecular complexity index is 820. The number of nitrogens with one attached hydrogen (secondary N) is 1. The third-order valence-electron chi connectivity index (χ3n) is 4.11. The highest BCUT2D eigenvalue weighted by molar-refractivity contribution is 5.97. The van der Waals surface area contributed by atoms with E-state index in [1.165, 1.54) is 0 Å². The van der Waals surface area contributed by atoms with Gasteiger partial charge in [0.15, 0.2) is 0 Å². The van der Waals surface area contributed by atoms with Crippen LogP contribution in [0, 0.1) is 6.92 Å². The summed E-state index contributed by atoms with van der Waals surface area (Å²) in [5, 5.41) is 2.98. The lowest BCUT2D eigenvalue weighted by Gasteiger charge is -2.12. The van der Waals surface area contributed by atoms with E-state index in [9.17, 15) is 4.79 Å². The monoisotopic (exact) mass is 318 g/mol. The Morgan fingerprint density at radius 1 is 1.00 bits per heavy atom. The van der Waals surface area contributed by atoms with Crippen molar-refractivity contribution in [3.63, 3.8) is 0 Å². The number of rotatable bonds is 5. The van der Waals surface area contributed by atoms with E-state index in [1.807, 2.05) is 49.4 Å². The average Bonchev–Trinajstić information content (AvgIpc) is 2.98. The van der Waals surface area contributed by atoms with Gasteiger partial charge in [0.05, 0.1) is 11.3 Å². The fraction of sp³-hybridized carbons (Fsp3) is 0.190. The van der Waals surface area contributed by atoms with Gasteiger partial charge in [-0.15, -0.1) is 0 Å². The first-order valence-corrected chi connectivity index (χ1v) is 8.33. The molecule has 0 fully saturated rings. The molecular formula is C21H22N2O. The van der Waals surface area contributed by atoms with Crippen LogP contribution >= 0.6 is 0 Å². The number of carbonyl (C=O) groups is 1. The Labute approximate surface area is 143 Å². The molecule has 3 rings (SSSR count). The highest BCUT2D eigenvalue weighted by atomic mass is 16.1. The molecule has 3 heteroatoms. The summed E-state index contributed by atoms with van der Waals surface area (Å²) in [6.45, 7) is 4.74. The maximum atomic E-state index is 12.5. The fourth-order valence-corrected chi connectivity index (χ4v) is 2.90. The predicted octanol–water partition coefficient (Wildman–Crippen LogP) is 4.59. The number of nitrogens with zero attached hydrogens (tertiary/aromatic N) is 1. The Morgan fingerprint density at radius 2 is 1.62 bits per heavy atom. The van der Waals surface area contributed by atoms with Gasteiger partial charge in [0.2, 0.25) is 0 Å². The Balaban J connectivity index is 2.15. The van der Waals surface area contributed by atoms with Crippen LogP contribution in [0.15, 0.2) is 66.7 Å². The smallest absolute Gasteiger partial charge is 0.253 e. The normalized spacial score (nSPS) is 10.6. The van der Waals surface area contributed by atoms with Gasteiger partial charge in [0.25, 0.3) is 5.91 Å². The summed E-state index contributed by atoms with van der Waals surface area (Å²) in [4.78, 5) is 12.5. The quantitative estimate of drug-likeness (QED) is 0.733. The molecule has 0 aliphatic rings. The van der Waals surface area contributed by atoms with Crippen LogP contribution in [0.1, 0.15) is 29.4 Å². The number of aromatic nitrogens is 1. The summed E-state index contributed by atoms with van der Waals surface area (Å²) in [5.41, 5.74) is 4.86. The molecule has 24 heavy (non-hydrogen) atoms. The maximum Gasteiger partial charge on any atom is 0.253 e. The molecule has 1 heterocycles. The zero-order valence-electron chi connectivity index (χ0n) is 14.1. The van der Waals surface area contributed by atoms with E-state index in [0.29, 0.717) is 6.54 Å². The van der Waals surface area contributed by atoms with Gasteiger partial charge >= 0.3 is 0 Å². The second-order valence-corrected chi connectivity index (χ2v) is 5.82. The molecule has 1 amide bonds. The van der Waals surface area contributed by atoms with E-state index in [0.717, 1.165) is 34.6 Å². The zero-order valence-corrected chi connectivity index (χ0v) is 14.1. The highest BCUT2D eigenvalue weighted by Gasteiger charge is 2.19. The second-order valence-electron chi connectivity index (χ2n) is 5.82. The number of amides is 1. The Hall–Kier alpha value is -2.81. The van der Waals surface area contributed by atoms with Crippen molar-refractivity contribution in [1.82, 2.24) is 9.88 Å². The lowest BCUT2D eigenvalue weighted by Crippen LogP contribution is -2.24. The molecular weight excluding hydrogens is 296 g/mol. The summed E-state index contributed by atoms with van der Waals surface area (Å²) < 4.78 is 2.15. The summed E-state index contributed by atoms with van der Waals surface area (Å²) in [5.74, 6) is -0.0128. The van der Waals surface area contributed by atoms with Gasteiger partial charge in [-0.3, -0.25) is 4.79 Å². The number of para-hydroxylation sites is 1. The molecule has 3 aromatic rings. The molecule has 3 nitrogen and oxygen atoms in total. The van der Waals surface area contributed by atoms with Gasteiger partial charge in [0, 0.05) is 17.9 Å². The minimum Gasteiger partial charge on any atom is -0.352 e. The van der Waals surface area contributed by atoms with Crippen LogP contribution in [0.25, 0.3) is 16.9 Å². The molecule has 0 atom stereocenters. The number of hydrogen-bond acceptors (Lipinski definition) is 1. The zero-order chi connectivity index (χ0) is 16.9. The van der Waals surface area contributed by atoms with Crippen LogP contribution in [0.4, 0.5) is 0 Å². The van der Waals surface area contributed by atoms with Crippen molar-refractivity contribution in [3.8, 4) is 16.9 Å². The predicted molar refractivity (Wildman–Crippen MR) is 98.6 cm³/mol. The van der Waals surface area contributed by atoms with E-state index in [-0.39, 0.29) is 5.91 Å². The van der Waals surface area contributed by atoms with Crippen LogP contribution in [0.5, 0.6) is 0 Å². The Kier molecular flexibility index (Phi) is 4.80. The molecule has 0 bridgehead atoms. The second kappa shape index (κ2) is 7.18. The molecule has 1 N–H and O–H groups in total. The molecule has 2 aromatic carbocycles. The van der Waals surface area contributed by atoms with Crippen molar-refractivity contribution < 1.29 is 4.79 Å². The molecule has 0 unspecified atom stereocenters. The van der Waals surface area contributed by atoms with Crippen molar-refractivity contribution in [2.75, 3.05) is 6.54 Å². The van der Waals surface area contributed by atoms with Crippen molar-refractivity contribution >= 4 is 5.91 Å². The molecule has 0 saturated carbocycles. The fourth-order valence-electron chi connectivity index (χ4n) is 2.90. The van der Waals surface area contributed by atoms with Crippen molar-refractivity contribution in [3.05, 3.63) is 78.0 Å². The third kappa shape index (κ3) is 3.11. The maximum absolute atomic E-state index is 12.5. The van der Waals surface area contributed by atoms with Crippen LogP contribution in [-0.4, -0.2) is 17.0 Å². The van der Waals surface area contributed by atoms with E-state index in [2.05, 4.69) is 41.1 Å². The van der Waals surface area contributed by atoms with Crippen molar-refractivity contribution in [2.24, 2.45) is 0 Å². The number of benzene rings is 2. The number of carbonyl (C=O) groups excluding carboxylic acids is 1. The Morgan fingerprint density at radius 3 is 2.25 bits per heavy atom. The van der Waals surface area contributed by atoms with Gasteiger partial charge in [-0.25, -0.2) is 0 Å². The largest absolute Gasteiger partial charge is 0.352 e. The summed E-state index contributed by atoms with van der Waals surface area (Å²) in [7, 11) is 0. The molecule has 0 spiro atoms. The molecule has 0 aliphatic heterocycles. The minimum atomic E-state index is -0.0128. The average molecular weight is 318 g/mol. The van der Waals surface area contributed by atoms with Crippen molar-refractivity contribution in [1.29, 1.82) is 0 Å². The first kappa shape index (κ1) is 16.1. The van der Waals surface area contributed by atoms with Crippen LogP contribution in [-0.2, 0) is 0 Å². The lowest BCUT2D eigenvalue weighted by atomic mass is 10.1. The van der Waals surface area contributed by atoms with E-state index < -0.39 is 0 Å². The van der Waals surface area contributed by atoms with Gasteiger partial charge < -0.3 is 9.88 Å². The SMILES string of the molecule is CCCNC(=O)c1cc(-c2ccccc2)n(-c2ccccc2)c1C. The van der Waals surface area contributed by atoms with E-state index >= 15 is 0 Å². The molecule has 0 saturated heterocycles. The summed E-state index contributed by atoms with van der Waals surface area (Å²) in [6.07, 6.45) is 0.926. The van der Waals surface area contributed by atoms with E-state index in [4.69, 9.17) is 0 Å². The highest BCUT2D eigenvalue weighted by Crippen LogP contribution is 2.29. The topological polar surface area (TPSA) is 34.0 Å². The van der Waals surface area contributed by atoms with Crippen LogP contribution < -0.4 is 5.32 Å². The summed E-state index contributed by atoms with van der Waals surface area (Å²) in [6, 6.07) is 22.3. The molecule has 0 radical (unpaired) electrons. The van der Waals surface area contributed by atoms with Gasteiger partial charge in [-0.2, -0.15) is 0 Å². The number of hydrogen-bond donors (Lipinski definition) is 1. The van der Waals surface area contributed by atoms with Gasteiger partial charge in [0.1, 0.15) is 0 Å².